The van der Waals surface area contributed by atoms with E-state index in [-0.39, 0.29) is 16.9 Å². The number of nitrogens with zero attached hydrogens (tertiary/aromatic N) is 2. The summed E-state index contributed by atoms with van der Waals surface area (Å²) in [5.41, 5.74) is 0.787. The molecule has 0 amide bonds. The van der Waals surface area contributed by atoms with Gasteiger partial charge in [0.25, 0.3) is 0 Å². The van der Waals surface area contributed by atoms with E-state index in [0.717, 1.165) is 5.56 Å². The third-order valence-electron chi connectivity index (χ3n) is 4.09. The number of hydrogen-bond acceptors (Lipinski definition) is 4. The van der Waals surface area contributed by atoms with E-state index in [1.807, 2.05) is 0 Å². The summed E-state index contributed by atoms with van der Waals surface area (Å²) in [4.78, 5) is 0.124. The second-order valence-corrected chi connectivity index (χ2v) is 8.04. The molecule has 0 radical (unpaired) electrons. The standard InChI is InChI=1S/C15H18ClN3O3S/c1-19-9-11(8-17-19)15(10-5-13(20)6-10)18-23(21,22)14-4-2-3-12(16)7-14/h2-4,7-10,13,15,18,20H,5-6H2,1H3/t10?,13?,15-/m0/s1. The largest absolute Gasteiger partial charge is 0.393 e. The molecular weight excluding hydrogens is 338 g/mol. The summed E-state index contributed by atoms with van der Waals surface area (Å²) in [5.74, 6) is 0.0446. The number of aryl methyl sites for hydroxylation is 1. The monoisotopic (exact) mass is 355 g/mol. The first kappa shape index (κ1) is 16.4. The van der Waals surface area contributed by atoms with Crippen molar-refractivity contribution in [2.45, 2.75) is 29.9 Å². The normalized spacial score (nSPS) is 22.6. The fourth-order valence-corrected chi connectivity index (χ4v) is 4.40. The molecule has 8 heteroatoms. The molecule has 2 aromatic rings. The molecule has 23 heavy (non-hydrogen) atoms. The predicted molar refractivity (Wildman–Crippen MR) is 86.5 cm³/mol. The van der Waals surface area contributed by atoms with Crippen LogP contribution in [0.15, 0.2) is 41.6 Å². The number of nitrogens with one attached hydrogen (secondary N) is 1. The molecule has 1 heterocycles. The Morgan fingerprint density at radius 1 is 1.43 bits per heavy atom. The zero-order valence-corrected chi connectivity index (χ0v) is 14.1. The van der Waals surface area contributed by atoms with Crippen molar-refractivity contribution in [3.63, 3.8) is 0 Å². The minimum absolute atomic E-state index is 0.0446. The molecule has 0 saturated heterocycles. The number of rotatable bonds is 5. The lowest BCUT2D eigenvalue weighted by molar-refractivity contribution is 0.0280. The van der Waals surface area contributed by atoms with Crippen LogP contribution in [-0.4, -0.2) is 29.4 Å². The Kier molecular flexibility index (Phi) is 4.46. The maximum Gasteiger partial charge on any atom is 0.241 e. The number of aliphatic hydroxyl groups is 1. The number of hydrogen-bond donors (Lipinski definition) is 2. The maximum atomic E-state index is 12.6. The van der Waals surface area contributed by atoms with E-state index in [0.29, 0.717) is 17.9 Å². The highest BCUT2D eigenvalue weighted by Gasteiger charge is 2.37. The lowest BCUT2D eigenvalue weighted by Crippen LogP contribution is -2.41. The molecule has 1 aliphatic rings. The van der Waals surface area contributed by atoms with Gasteiger partial charge in [0.1, 0.15) is 0 Å². The number of aromatic nitrogens is 2. The third-order valence-corrected chi connectivity index (χ3v) is 5.77. The van der Waals surface area contributed by atoms with Crippen molar-refractivity contribution in [2.24, 2.45) is 13.0 Å². The zero-order valence-electron chi connectivity index (χ0n) is 12.6. The molecule has 1 atom stereocenters. The van der Waals surface area contributed by atoms with Crippen molar-refractivity contribution in [2.75, 3.05) is 0 Å². The average Bonchev–Trinajstić information content (AvgIpc) is 2.88. The maximum absolute atomic E-state index is 12.6. The highest BCUT2D eigenvalue weighted by Crippen LogP contribution is 2.38. The van der Waals surface area contributed by atoms with Gasteiger partial charge in [-0.05, 0) is 37.0 Å². The highest BCUT2D eigenvalue weighted by molar-refractivity contribution is 7.89. The van der Waals surface area contributed by atoms with E-state index >= 15 is 0 Å². The highest BCUT2D eigenvalue weighted by atomic mass is 35.5. The first-order chi connectivity index (χ1) is 10.8. The van der Waals surface area contributed by atoms with Crippen molar-refractivity contribution in [3.05, 3.63) is 47.2 Å². The van der Waals surface area contributed by atoms with Crippen molar-refractivity contribution in [1.29, 1.82) is 0 Å². The van der Waals surface area contributed by atoms with Crippen LogP contribution in [0.1, 0.15) is 24.4 Å². The van der Waals surface area contributed by atoms with Gasteiger partial charge in [-0.3, -0.25) is 4.68 Å². The van der Waals surface area contributed by atoms with Crippen LogP contribution in [0, 0.1) is 5.92 Å². The average molecular weight is 356 g/mol. The summed E-state index contributed by atoms with van der Waals surface area (Å²) in [7, 11) is -1.93. The molecule has 0 unspecified atom stereocenters. The van der Waals surface area contributed by atoms with Gasteiger partial charge in [0.2, 0.25) is 10.0 Å². The van der Waals surface area contributed by atoms with Crippen molar-refractivity contribution in [1.82, 2.24) is 14.5 Å². The Bertz CT molecular complexity index is 800. The van der Waals surface area contributed by atoms with Gasteiger partial charge in [0, 0.05) is 23.8 Å². The number of benzene rings is 1. The van der Waals surface area contributed by atoms with Gasteiger partial charge < -0.3 is 5.11 Å². The summed E-state index contributed by atoms with van der Waals surface area (Å²) in [6.07, 6.45) is 4.20. The van der Waals surface area contributed by atoms with Crippen LogP contribution in [0.5, 0.6) is 0 Å². The topological polar surface area (TPSA) is 84.2 Å². The lowest BCUT2D eigenvalue weighted by atomic mass is 9.76. The van der Waals surface area contributed by atoms with E-state index in [9.17, 15) is 13.5 Å². The van der Waals surface area contributed by atoms with E-state index in [2.05, 4.69) is 9.82 Å². The van der Waals surface area contributed by atoms with Crippen LogP contribution >= 0.6 is 11.6 Å². The molecule has 1 aliphatic carbocycles. The smallest absolute Gasteiger partial charge is 0.241 e. The molecule has 0 bridgehead atoms. The van der Waals surface area contributed by atoms with Crippen LogP contribution in [0.2, 0.25) is 5.02 Å². The van der Waals surface area contributed by atoms with E-state index in [4.69, 9.17) is 11.6 Å². The van der Waals surface area contributed by atoms with Crippen molar-refractivity contribution in [3.8, 4) is 0 Å². The van der Waals surface area contributed by atoms with Gasteiger partial charge in [0.15, 0.2) is 0 Å². The Labute approximate surface area is 140 Å². The number of sulfonamides is 1. The van der Waals surface area contributed by atoms with Gasteiger partial charge >= 0.3 is 0 Å². The molecule has 1 aromatic heterocycles. The summed E-state index contributed by atoms with van der Waals surface area (Å²) >= 11 is 5.89. The Morgan fingerprint density at radius 2 is 2.17 bits per heavy atom. The minimum Gasteiger partial charge on any atom is -0.393 e. The van der Waals surface area contributed by atoms with Gasteiger partial charge in [-0.1, -0.05) is 17.7 Å². The first-order valence-electron chi connectivity index (χ1n) is 7.29. The van der Waals surface area contributed by atoms with Gasteiger partial charge in [-0.2, -0.15) is 5.10 Å². The molecule has 1 aromatic carbocycles. The summed E-state index contributed by atoms with van der Waals surface area (Å²) in [6, 6.07) is 5.73. The van der Waals surface area contributed by atoms with Gasteiger partial charge in [0.05, 0.1) is 23.2 Å². The summed E-state index contributed by atoms with van der Waals surface area (Å²) < 4.78 is 29.7. The lowest BCUT2D eigenvalue weighted by Gasteiger charge is -2.37. The van der Waals surface area contributed by atoms with E-state index < -0.39 is 16.1 Å². The fourth-order valence-electron chi connectivity index (χ4n) is 2.81. The van der Waals surface area contributed by atoms with Crippen LogP contribution < -0.4 is 4.72 Å². The van der Waals surface area contributed by atoms with E-state index in [1.54, 1.807) is 36.3 Å². The number of halogens is 1. The van der Waals surface area contributed by atoms with Crippen molar-refractivity contribution >= 4 is 21.6 Å². The molecule has 0 aliphatic heterocycles. The first-order valence-corrected chi connectivity index (χ1v) is 9.16. The van der Waals surface area contributed by atoms with Crippen LogP contribution in [0.4, 0.5) is 0 Å². The summed E-state index contributed by atoms with van der Waals surface area (Å²) in [5, 5.41) is 14.0. The molecule has 3 rings (SSSR count). The molecular formula is C15H18ClN3O3S. The van der Waals surface area contributed by atoms with Gasteiger partial charge in [-0.25, -0.2) is 13.1 Å². The molecule has 0 spiro atoms. The zero-order chi connectivity index (χ0) is 16.6. The molecule has 1 fully saturated rings. The predicted octanol–water partition coefficient (Wildman–Crippen LogP) is 1.86. The fraction of sp³-hybridized carbons (Fsp3) is 0.400. The second-order valence-electron chi connectivity index (χ2n) is 5.89. The van der Waals surface area contributed by atoms with Crippen LogP contribution in [-0.2, 0) is 17.1 Å². The Morgan fingerprint density at radius 3 is 2.74 bits per heavy atom. The van der Waals surface area contributed by atoms with Crippen LogP contribution in [0.3, 0.4) is 0 Å². The summed E-state index contributed by atoms with van der Waals surface area (Å²) in [6.45, 7) is 0. The quantitative estimate of drug-likeness (QED) is 0.857. The second kappa shape index (κ2) is 6.24. The molecule has 2 N–H and O–H groups in total. The Balaban J connectivity index is 1.89. The van der Waals surface area contributed by atoms with E-state index in [1.165, 1.54) is 12.1 Å². The minimum atomic E-state index is -3.71. The number of aliphatic hydroxyl groups excluding tert-OH is 1. The Hall–Kier alpha value is -1.41. The van der Waals surface area contributed by atoms with Gasteiger partial charge in [-0.15, -0.1) is 0 Å². The third kappa shape index (κ3) is 3.58. The molecule has 6 nitrogen and oxygen atoms in total. The van der Waals surface area contributed by atoms with Crippen LogP contribution in [0.25, 0.3) is 0 Å². The molecule has 124 valence electrons. The van der Waals surface area contributed by atoms with Crippen molar-refractivity contribution < 1.29 is 13.5 Å². The SMILES string of the molecule is Cn1cc([C@@H](NS(=O)(=O)c2cccc(Cl)c2)C2CC(O)C2)cn1. The molecule has 1 saturated carbocycles.